The fraction of sp³-hybridized carbons (Fsp3) is 0. The molecule has 0 aliphatic carbocycles. The topological polar surface area (TPSA) is 41.5 Å². The molecule has 1 aliphatic heterocycles. The van der Waals surface area contributed by atoms with E-state index in [0.717, 1.165) is 22.0 Å². The highest BCUT2D eigenvalue weighted by atomic mass is 32.2. The summed E-state index contributed by atoms with van der Waals surface area (Å²) in [6, 6.07) is 24.1. The number of hydrogen-bond acceptors (Lipinski definition) is 3. The maximum absolute atomic E-state index is 12.2. The lowest BCUT2D eigenvalue weighted by atomic mass is 10.1. The van der Waals surface area contributed by atoms with Crippen LogP contribution in [-0.2, 0) is 4.79 Å². The van der Waals surface area contributed by atoms with E-state index in [2.05, 4.69) is 22.4 Å². The third-order valence-corrected chi connectivity index (χ3v) is 4.90. The SMILES string of the molecule is O=C1NC(=Nc2cccc3ccccc23)S/C1=C\C=C/c1ccccc1. The number of hydrogen-bond donors (Lipinski definition) is 1. The predicted octanol–water partition coefficient (Wildman–Crippen LogP) is 5.29. The second kappa shape index (κ2) is 7.42. The summed E-state index contributed by atoms with van der Waals surface area (Å²) in [7, 11) is 0. The molecule has 1 heterocycles. The fourth-order valence-corrected chi connectivity index (χ4v) is 3.51. The summed E-state index contributed by atoms with van der Waals surface area (Å²) < 4.78 is 0. The van der Waals surface area contributed by atoms with Gasteiger partial charge in [0, 0.05) is 5.39 Å². The van der Waals surface area contributed by atoms with Crippen LogP contribution in [0.3, 0.4) is 0 Å². The third kappa shape index (κ3) is 3.60. The average Bonchev–Trinajstić information content (AvgIpc) is 3.02. The fourth-order valence-electron chi connectivity index (χ4n) is 2.72. The predicted molar refractivity (Wildman–Crippen MR) is 110 cm³/mol. The second-order valence-electron chi connectivity index (χ2n) is 5.77. The molecule has 0 atom stereocenters. The number of rotatable bonds is 3. The number of amides is 1. The maximum atomic E-state index is 12.2. The molecule has 0 radical (unpaired) electrons. The van der Waals surface area contributed by atoms with Crippen LogP contribution in [0.2, 0.25) is 0 Å². The molecule has 0 bridgehead atoms. The Bertz CT molecular complexity index is 1050. The zero-order chi connectivity index (χ0) is 17.8. The van der Waals surface area contributed by atoms with Crippen molar-refractivity contribution in [2.45, 2.75) is 0 Å². The van der Waals surface area contributed by atoms with Gasteiger partial charge in [0.25, 0.3) is 5.91 Å². The van der Waals surface area contributed by atoms with Gasteiger partial charge in [-0.05, 0) is 34.9 Å². The number of aliphatic imine (C=N–C) groups is 1. The van der Waals surface area contributed by atoms with Gasteiger partial charge in [-0.3, -0.25) is 4.79 Å². The normalized spacial score (nSPS) is 17.5. The molecule has 1 aliphatic rings. The molecule has 1 saturated heterocycles. The standard InChI is InChI=1S/C22H16N2OS/c25-21-20(15-6-10-16-8-2-1-3-9-16)26-22(24-21)23-19-14-7-12-17-11-4-5-13-18(17)19/h1-15H,(H,23,24,25)/b10-6-,20-15-. The van der Waals surface area contributed by atoms with E-state index in [4.69, 9.17) is 0 Å². The molecule has 1 amide bonds. The van der Waals surface area contributed by atoms with E-state index in [1.54, 1.807) is 0 Å². The van der Waals surface area contributed by atoms with Crippen LogP contribution >= 0.6 is 11.8 Å². The van der Waals surface area contributed by atoms with Crippen molar-refractivity contribution in [3.63, 3.8) is 0 Å². The van der Waals surface area contributed by atoms with Gasteiger partial charge < -0.3 is 5.32 Å². The maximum Gasteiger partial charge on any atom is 0.264 e. The summed E-state index contributed by atoms with van der Waals surface area (Å²) in [5.74, 6) is -0.119. The lowest BCUT2D eigenvalue weighted by Crippen LogP contribution is -2.19. The summed E-state index contributed by atoms with van der Waals surface area (Å²) in [6.07, 6.45) is 5.68. The first-order valence-corrected chi connectivity index (χ1v) is 9.10. The smallest absolute Gasteiger partial charge is 0.264 e. The molecule has 0 aromatic heterocycles. The Morgan fingerprint density at radius 3 is 2.54 bits per heavy atom. The van der Waals surface area contributed by atoms with E-state index in [9.17, 15) is 4.79 Å². The van der Waals surface area contributed by atoms with Crippen LogP contribution in [-0.4, -0.2) is 11.1 Å². The molecular formula is C22H16N2OS. The summed E-state index contributed by atoms with van der Waals surface area (Å²) in [6.45, 7) is 0. The van der Waals surface area contributed by atoms with Crippen molar-refractivity contribution in [3.8, 4) is 0 Å². The molecule has 26 heavy (non-hydrogen) atoms. The number of nitrogens with zero attached hydrogens (tertiary/aromatic N) is 1. The van der Waals surface area contributed by atoms with E-state index in [0.29, 0.717) is 10.1 Å². The summed E-state index contributed by atoms with van der Waals surface area (Å²) >= 11 is 1.36. The molecule has 0 unspecified atom stereocenters. The van der Waals surface area contributed by atoms with Crippen molar-refractivity contribution in [3.05, 3.63) is 95.4 Å². The summed E-state index contributed by atoms with van der Waals surface area (Å²) in [5.41, 5.74) is 1.95. The van der Waals surface area contributed by atoms with Crippen molar-refractivity contribution < 1.29 is 4.79 Å². The van der Waals surface area contributed by atoms with Gasteiger partial charge in [-0.25, -0.2) is 4.99 Å². The number of carbonyl (C=O) groups excluding carboxylic acids is 1. The van der Waals surface area contributed by atoms with Crippen LogP contribution < -0.4 is 5.32 Å². The van der Waals surface area contributed by atoms with Crippen molar-refractivity contribution in [1.29, 1.82) is 0 Å². The van der Waals surface area contributed by atoms with Crippen molar-refractivity contribution >= 4 is 45.4 Å². The first-order chi connectivity index (χ1) is 12.8. The minimum absolute atomic E-state index is 0.119. The molecule has 3 aromatic carbocycles. The Morgan fingerprint density at radius 1 is 0.885 bits per heavy atom. The minimum atomic E-state index is -0.119. The molecule has 1 N–H and O–H groups in total. The van der Waals surface area contributed by atoms with Gasteiger partial charge in [-0.2, -0.15) is 0 Å². The molecule has 126 valence electrons. The van der Waals surface area contributed by atoms with Gasteiger partial charge in [0.1, 0.15) is 0 Å². The Kier molecular flexibility index (Phi) is 4.67. The Morgan fingerprint density at radius 2 is 1.65 bits per heavy atom. The molecule has 3 aromatic rings. The Hall–Kier alpha value is -3.11. The highest BCUT2D eigenvalue weighted by Crippen LogP contribution is 2.30. The Labute approximate surface area is 156 Å². The van der Waals surface area contributed by atoms with Crippen molar-refractivity contribution in [2.24, 2.45) is 4.99 Å². The molecular weight excluding hydrogens is 340 g/mol. The summed E-state index contributed by atoms with van der Waals surface area (Å²) in [4.78, 5) is 17.4. The average molecular weight is 356 g/mol. The number of nitrogens with one attached hydrogen (secondary N) is 1. The lowest BCUT2D eigenvalue weighted by molar-refractivity contribution is -0.115. The van der Waals surface area contributed by atoms with Crippen LogP contribution in [0.25, 0.3) is 16.8 Å². The van der Waals surface area contributed by atoms with Gasteiger partial charge in [-0.15, -0.1) is 0 Å². The van der Waals surface area contributed by atoms with Gasteiger partial charge in [0.2, 0.25) is 0 Å². The van der Waals surface area contributed by atoms with E-state index in [-0.39, 0.29) is 5.91 Å². The van der Waals surface area contributed by atoms with Crippen LogP contribution in [0, 0.1) is 0 Å². The van der Waals surface area contributed by atoms with Crippen LogP contribution in [0.5, 0.6) is 0 Å². The number of benzene rings is 3. The van der Waals surface area contributed by atoms with E-state index >= 15 is 0 Å². The molecule has 0 saturated carbocycles. The highest BCUT2D eigenvalue weighted by Gasteiger charge is 2.23. The lowest BCUT2D eigenvalue weighted by Gasteiger charge is -2.02. The first kappa shape index (κ1) is 16.4. The van der Waals surface area contributed by atoms with Crippen molar-refractivity contribution in [1.82, 2.24) is 5.32 Å². The van der Waals surface area contributed by atoms with Gasteiger partial charge in [0.05, 0.1) is 10.6 Å². The van der Waals surface area contributed by atoms with Gasteiger partial charge in [0.15, 0.2) is 5.17 Å². The molecule has 0 spiro atoms. The number of thioether (sulfide) groups is 1. The van der Waals surface area contributed by atoms with Gasteiger partial charge in [-0.1, -0.05) is 78.9 Å². The zero-order valence-electron chi connectivity index (χ0n) is 13.9. The van der Waals surface area contributed by atoms with E-state index in [1.807, 2.05) is 78.9 Å². The van der Waals surface area contributed by atoms with E-state index < -0.39 is 0 Å². The first-order valence-electron chi connectivity index (χ1n) is 8.29. The third-order valence-electron chi connectivity index (χ3n) is 3.98. The van der Waals surface area contributed by atoms with Gasteiger partial charge >= 0.3 is 0 Å². The molecule has 3 nitrogen and oxygen atoms in total. The van der Waals surface area contributed by atoms with Crippen molar-refractivity contribution in [2.75, 3.05) is 0 Å². The van der Waals surface area contributed by atoms with Crippen LogP contribution in [0.4, 0.5) is 5.69 Å². The molecule has 4 rings (SSSR count). The Balaban J connectivity index is 1.56. The molecule has 1 fully saturated rings. The largest absolute Gasteiger partial charge is 0.300 e. The number of fused-ring (bicyclic) bond motifs is 1. The minimum Gasteiger partial charge on any atom is -0.300 e. The number of allylic oxidation sites excluding steroid dienone is 2. The van der Waals surface area contributed by atoms with E-state index in [1.165, 1.54) is 11.8 Å². The zero-order valence-corrected chi connectivity index (χ0v) is 14.7. The quantitative estimate of drug-likeness (QED) is 0.648. The van der Waals surface area contributed by atoms with Crippen LogP contribution in [0.1, 0.15) is 5.56 Å². The monoisotopic (exact) mass is 356 g/mol. The highest BCUT2D eigenvalue weighted by molar-refractivity contribution is 8.18. The molecule has 4 heteroatoms. The summed E-state index contributed by atoms with van der Waals surface area (Å²) in [5, 5.41) is 5.64. The second-order valence-corrected chi connectivity index (χ2v) is 6.80. The number of amidine groups is 1. The van der Waals surface area contributed by atoms with Crippen LogP contribution in [0.15, 0.2) is 94.8 Å². The number of carbonyl (C=O) groups is 1.